The van der Waals surface area contributed by atoms with Crippen molar-refractivity contribution in [3.05, 3.63) is 30.3 Å². The third-order valence-corrected chi connectivity index (χ3v) is 5.39. The van der Waals surface area contributed by atoms with Crippen molar-refractivity contribution in [2.75, 3.05) is 50.7 Å². The number of likely N-dealkylation sites (tertiary alicyclic amines) is 1. The van der Waals surface area contributed by atoms with Gasteiger partial charge in [-0.2, -0.15) is 0 Å². The summed E-state index contributed by atoms with van der Waals surface area (Å²) in [7, 11) is 0. The Balaban J connectivity index is 1.41. The second-order valence-corrected chi connectivity index (χ2v) is 7.20. The van der Waals surface area contributed by atoms with E-state index in [4.69, 9.17) is 0 Å². The molecule has 2 saturated heterocycles. The van der Waals surface area contributed by atoms with Crippen molar-refractivity contribution in [1.29, 1.82) is 0 Å². The zero-order chi connectivity index (χ0) is 15.4. The van der Waals surface area contributed by atoms with Crippen LogP contribution in [0, 0.1) is 5.92 Å². The third-order valence-electron chi connectivity index (χ3n) is 5.39. The van der Waals surface area contributed by atoms with E-state index in [2.05, 4.69) is 58.9 Å². The van der Waals surface area contributed by atoms with E-state index in [1.807, 2.05) is 0 Å². The summed E-state index contributed by atoms with van der Waals surface area (Å²) >= 11 is 0. The number of para-hydroxylation sites is 1. The molecule has 2 aliphatic rings. The zero-order valence-electron chi connectivity index (χ0n) is 14.2. The fraction of sp³-hybridized carbons (Fsp3) is 0.684. The fourth-order valence-electron chi connectivity index (χ4n) is 3.84. The van der Waals surface area contributed by atoms with E-state index in [-0.39, 0.29) is 0 Å². The molecule has 3 rings (SSSR count). The van der Waals surface area contributed by atoms with Crippen molar-refractivity contribution >= 4 is 5.69 Å². The molecule has 22 heavy (non-hydrogen) atoms. The number of piperidine rings is 1. The van der Waals surface area contributed by atoms with Crippen molar-refractivity contribution in [1.82, 2.24) is 9.80 Å². The second kappa shape index (κ2) is 7.47. The smallest absolute Gasteiger partial charge is 0.0367 e. The minimum atomic E-state index is 0.718. The van der Waals surface area contributed by atoms with E-state index in [9.17, 15) is 0 Å². The van der Waals surface area contributed by atoms with Gasteiger partial charge in [-0.25, -0.2) is 0 Å². The SMILES string of the molecule is CC(C)N1CCC(CN2CCN(c3ccccc3)CC2)CC1. The summed E-state index contributed by atoms with van der Waals surface area (Å²) in [6.45, 7) is 13.3. The van der Waals surface area contributed by atoms with Gasteiger partial charge in [-0.1, -0.05) is 18.2 Å². The van der Waals surface area contributed by atoms with E-state index in [1.54, 1.807) is 0 Å². The van der Waals surface area contributed by atoms with Gasteiger partial charge >= 0.3 is 0 Å². The first-order valence-electron chi connectivity index (χ1n) is 8.99. The van der Waals surface area contributed by atoms with Crippen molar-refractivity contribution < 1.29 is 0 Å². The number of hydrogen-bond acceptors (Lipinski definition) is 3. The molecule has 0 atom stereocenters. The van der Waals surface area contributed by atoms with Crippen molar-refractivity contribution in [3.63, 3.8) is 0 Å². The zero-order valence-corrected chi connectivity index (χ0v) is 14.2. The summed E-state index contributed by atoms with van der Waals surface area (Å²) in [5, 5.41) is 0. The summed E-state index contributed by atoms with van der Waals surface area (Å²) in [4.78, 5) is 7.84. The topological polar surface area (TPSA) is 9.72 Å². The molecule has 1 aromatic carbocycles. The van der Waals surface area contributed by atoms with Crippen molar-refractivity contribution in [2.45, 2.75) is 32.7 Å². The Labute approximate surface area is 135 Å². The van der Waals surface area contributed by atoms with Crippen LogP contribution in [0.25, 0.3) is 0 Å². The predicted octanol–water partition coefficient (Wildman–Crippen LogP) is 2.93. The summed E-state index contributed by atoms with van der Waals surface area (Å²) in [5.74, 6) is 0.915. The number of rotatable bonds is 4. The summed E-state index contributed by atoms with van der Waals surface area (Å²) in [5.41, 5.74) is 1.38. The first kappa shape index (κ1) is 15.8. The number of benzene rings is 1. The highest BCUT2D eigenvalue weighted by Gasteiger charge is 2.24. The average Bonchev–Trinajstić information content (AvgIpc) is 2.57. The van der Waals surface area contributed by atoms with Gasteiger partial charge in [0.1, 0.15) is 0 Å². The Morgan fingerprint density at radius 2 is 1.55 bits per heavy atom. The first-order valence-corrected chi connectivity index (χ1v) is 8.99. The number of hydrogen-bond donors (Lipinski definition) is 0. The molecule has 0 bridgehead atoms. The maximum Gasteiger partial charge on any atom is 0.0367 e. The van der Waals surface area contributed by atoms with Gasteiger partial charge in [0.2, 0.25) is 0 Å². The average molecular weight is 301 g/mol. The van der Waals surface area contributed by atoms with Crippen molar-refractivity contribution in [2.24, 2.45) is 5.92 Å². The van der Waals surface area contributed by atoms with Crippen molar-refractivity contribution in [3.8, 4) is 0 Å². The molecule has 0 N–H and O–H groups in total. The highest BCUT2D eigenvalue weighted by Crippen LogP contribution is 2.21. The largest absolute Gasteiger partial charge is 0.369 e. The Morgan fingerprint density at radius 1 is 0.909 bits per heavy atom. The van der Waals surface area contributed by atoms with Gasteiger partial charge in [-0.15, -0.1) is 0 Å². The Bertz CT molecular complexity index is 429. The molecule has 0 unspecified atom stereocenters. The quantitative estimate of drug-likeness (QED) is 0.846. The minimum absolute atomic E-state index is 0.718. The van der Waals surface area contributed by atoms with Crippen LogP contribution in [-0.4, -0.2) is 61.7 Å². The molecule has 3 heteroatoms. The molecule has 2 fully saturated rings. The molecule has 2 heterocycles. The molecule has 0 saturated carbocycles. The summed E-state index contributed by atoms with van der Waals surface area (Å²) in [6.07, 6.45) is 2.77. The highest BCUT2D eigenvalue weighted by molar-refractivity contribution is 5.46. The molecular weight excluding hydrogens is 270 g/mol. The Kier molecular flexibility index (Phi) is 5.37. The molecule has 3 nitrogen and oxygen atoms in total. The molecule has 0 radical (unpaired) electrons. The highest BCUT2D eigenvalue weighted by atomic mass is 15.3. The first-order chi connectivity index (χ1) is 10.7. The molecule has 0 aromatic heterocycles. The lowest BCUT2D eigenvalue weighted by atomic mass is 9.95. The van der Waals surface area contributed by atoms with Crippen LogP contribution in [0.15, 0.2) is 30.3 Å². The van der Waals surface area contributed by atoms with Crippen LogP contribution >= 0.6 is 0 Å². The standard InChI is InChI=1S/C19H31N3/c1-17(2)21-10-8-18(9-11-21)16-20-12-14-22(15-13-20)19-6-4-3-5-7-19/h3-7,17-18H,8-16H2,1-2H3. The molecule has 0 aliphatic carbocycles. The van der Waals surface area contributed by atoms with Crippen LogP contribution < -0.4 is 4.90 Å². The molecular formula is C19H31N3. The number of nitrogens with zero attached hydrogens (tertiary/aromatic N) is 3. The summed E-state index contributed by atoms with van der Waals surface area (Å²) < 4.78 is 0. The van der Waals surface area contributed by atoms with E-state index < -0.39 is 0 Å². The van der Waals surface area contributed by atoms with Gasteiger partial charge < -0.3 is 9.80 Å². The van der Waals surface area contributed by atoms with Gasteiger partial charge in [-0.3, -0.25) is 4.90 Å². The predicted molar refractivity (Wildman–Crippen MR) is 94.5 cm³/mol. The molecule has 0 spiro atoms. The molecule has 1 aromatic rings. The van der Waals surface area contributed by atoms with E-state index in [1.165, 1.54) is 64.3 Å². The van der Waals surface area contributed by atoms with E-state index in [0.717, 1.165) is 12.0 Å². The maximum atomic E-state index is 2.69. The van der Waals surface area contributed by atoms with E-state index in [0.29, 0.717) is 0 Å². The lowest BCUT2D eigenvalue weighted by Gasteiger charge is -2.40. The van der Waals surface area contributed by atoms with Crippen LogP contribution in [0.1, 0.15) is 26.7 Å². The van der Waals surface area contributed by atoms with Gasteiger partial charge in [0.25, 0.3) is 0 Å². The van der Waals surface area contributed by atoms with Gasteiger partial charge in [0.15, 0.2) is 0 Å². The van der Waals surface area contributed by atoms with E-state index >= 15 is 0 Å². The lowest BCUT2D eigenvalue weighted by Crippen LogP contribution is -2.49. The van der Waals surface area contributed by atoms with Gasteiger partial charge in [0.05, 0.1) is 0 Å². The molecule has 0 amide bonds. The fourth-order valence-corrected chi connectivity index (χ4v) is 3.84. The Hall–Kier alpha value is -1.06. The van der Waals surface area contributed by atoms with Gasteiger partial charge in [0, 0.05) is 44.5 Å². The van der Waals surface area contributed by atoms with Crippen LogP contribution in [0.5, 0.6) is 0 Å². The monoisotopic (exact) mass is 301 g/mol. The third kappa shape index (κ3) is 4.02. The van der Waals surface area contributed by atoms with Gasteiger partial charge in [-0.05, 0) is 57.8 Å². The summed E-state index contributed by atoms with van der Waals surface area (Å²) in [6, 6.07) is 11.6. The second-order valence-electron chi connectivity index (χ2n) is 7.20. The number of piperazine rings is 1. The van der Waals surface area contributed by atoms with Crippen LogP contribution in [0.3, 0.4) is 0 Å². The van der Waals surface area contributed by atoms with Crippen LogP contribution in [-0.2, 0) is 0 Å². The molecule has 2 aliphatic heterocycles. The number of anilines is 1. The lowest BCUT2D eigenvalue weighted by molar-refractivity contribution is 0.119. The maximum absolute atomic E-state index is 2.69. The van der Waals surface area contributed by atoms with Crippen LogP contribution in [0.2, 0.25) is 0 Å². The Morgan fingerprint density at radius 3 is 2.14 bits per heavy atom. The minimum Gasteiger partial charge on any atom is -0.369 e. The van der Waals surface area contributed by atoms with Crippen LogP contribution in [0.4, 0.5) is 5.69 Å². The normalized spacial score (nSPS) is 22.4. The molecule has 122 valence electrons.